The Bertz CT molecular complexity index is 1300. The Morgan fingerprint density at radius 1 is 0.841 bits per heavy atom. The minimum absolute atomic E-state index is 0.0455. The average Bonchev–Trinajstić information content (AvgIpc) is 3.03. The Hall–Kier alpha value is -3.01. The zero-order valence-electron chi connectivity index (χ0n) is 25.2. The highest BCUT2D eigenvalue weighted by Crippen LogP contribution is 2.58. The topological polar surface area (TPSA) is 97.3 Å². The van der Waals surface area contributed by atoms with Crippen LogP contribution in [0.15, 0.2) is 48.5 Å². The fourth-order valence-electron chi connectivity index (χ4n) is 8.73. The molecule has 0 aromatic heterocycles. The molecule has 2 aromatic carbocycles. The lowest BCUT2D eigenvalue weighted by molar-refractivity contribution is -0.481. The Balaban J connectivity index is 0.862. The van der Waals surface area contributed by atoms with Gasteiger partial charge in [-0.2, -0.15) is 0 Å². The fourth-order valence-corrected chi connectivity index (χ4v) is 8.73. The summed E-state index contributed by atoms with van der Waals surface area (Å²) in [5, 5.41) is 14.5. The van der Waals surface area contributed by atoms with E-state index < -0.39 is 11.9 Å². The van der Waals surface area contributed by atoms with Crippen LogP contribution in [0.3, 0.4) is 0 Å². The van der Waals surface area contributed by atoms with Gasteiger partial charge in [-0.1, -0.05) is 18.6 Å². The molecular weight excluding hydrogens is 563 g/mol. The summed E-state index contributed by atoms with van der Waals surface area (Å²) in [5.41, 5.74) is 1.60. The van der Waals surface area contributed by atoms with Crippen LogP contribution in [0.25, 0.3) is 0 Å². The van der Waals surface area contributed by atoms with E-state index in [0.717, 1.165) is 63.2 Å². The average molecular weight is 607 g/mol. The van der Waals surface area contributed by atoms with Crippen LogP contribution in [0.1, 0.15) is 92.5 Å². The zero-order chi connectivity index (χ0) is 30.3. The van der Waals surface area contributed by atoms with Crippen molar-refractivity contribution in [2.45, 2.75) is 94.5 Å². The van der Waals surface area contributed by atoms with E-state index in [4.69, 9.17) is 14.5 Å². The highest BCUT2D eigenvalue weighted by molar-refractivity contribution is 5.94. The van der Waals surface area contributed by atoms with E-state index in [-0.39, 0.29) is 35.7 Å². The van der Waals surface area contributed by atoms with Gasteiger partial charge in [-0.25, -0.2) is 19.0 Å². The number of benzene rings is 2. The van der Waals surface area contributed by atoms with Crippen LogP contribution in [0, 0.1) is 29.5 Å². The lowest BCUT2D eigenvalue weighted by Crippen LogP contribution is -2.59. The molecule has 4 bridgehead atoms. The molecule has 8 nitrogen and oxygen atoms in total. The molecule has 44 heavy (non-hydrogen) atoms. The zero-order valence-corrected chi connectivity index (χ0v) is 25.2. The number of likely N-dealkylation sites (tertiary alicyclic amines) is 1. The van der Waals surface area contributed by atoms with E-state index in [2.05, 4.69) is 5.32 Å². The number of carbonyl (C=O) groups is 2. The summed E-state index contributed by atoms with van der Waals surface area (Å²) in [5.74, 6) is 0.985. The van der Waals surface area contributed by atoms with Crippen molar-refractivity contribution in [3.8, 4) is 5.75 Å². The van der Waals surface area contributed by atoms with E-state index in [0.29, 0.717) is 43.2 Å². The van der Waals surface area contributed by atoms with Crippen molar-refractivity contribution < 1.29 is 33.6 Å². The SMILES string of the molecule is O=C(NC1CCN(C(=O)Oc2ccc([C@@H]3CCC[C@@H](OOC4(O)C5CC6CC(C5)CC4C6)C3)cc2)CC1)c1ccc(F)cc1. The van der Waals surface area contributed by atoms with Crippen molar-refractivity contribution in [1.82, 2.24) is 10.2 Å². The maximum Gasteiger partial charge on any atom is 0.415 e. The molecule has 236 valence electrons. The van der Waals surface area contributed by atoms with Gasteiger partial charge in [-0.15, -0.1) is 0 Å². The molecule has 0 spiro atoms. The van der Waals surface area contributed by atoms with Crippen molar-refractivity contribution in [1.29, 1.82) is 0 Å². The highest BCUT2D eigenvalue weighted by atomic mass is 19.1. The van der Waals surface area contributed by atoms with Gasteiger partial charge in [0.05, 0.1) is 6.10 Å². The lowest BCUT2D eigenvalue weighted by Gasteiger charge is -2.57. The molecule has 5 saturated carbocycles. The molecule has 0 radical (unpaired) electrons. The molecule has 1 heterocycles. The van der Waals surface area contributed by atoms with Gasteiger partial charge in [0, 0.05) is 36.5 Å². The molecule has 1 aliphatic heterocycles. The largest absolute Gasteiger partial charge is 0.415 e. The summed E-state index contributed by atoms with van der Waals surface area (Å²) in [6.45, 7) is 0.962. The second kappa shape index (κ2) is 12.4. The maximum absolute atomic E-state index is 13.1. The Morgan fingerprint density at radius 2 is 1.50 bits per heavy atom. The van der Waals surface area contributed by atoms with Crippen LogP contribution >= 0.6 is 0 Å². The third-order valence-electron chi connectivity index (χ3n) is 11.0. The predicted octanol–water partition coefficient (Wildman–Crippen LogP) is 6.34. The maximum atomic E-state index is 13.1. The van der Waals surface area contributed by atoms with Crippen LogP contribution in [-0.2, 0) is 9.78 Å². The number of piperidine rings is 1. The number of hydrogen-bond acceptors (Lipinski definition) is 6. The molecule has 2 amide bonds. The van der Waals surface area contributed by atoms with Crippen molar-refractivity contribution >= 4 is 12.0 Å². The number of amides is 2. The van der Waals surface area contributed by atoms with Crippen LogP contribution in [-0.4, -0.2) is 53.0 Å². The van der Waals surface area contributed by atoms with Gasteiger partial charge in [0.2, 0.25) is 5.79 Å². The first-order valence-corrected chi connectivity index (χ1v) is 16.5. The third-order valence-corrected chi connectivity index (χ3v) is 11.0. The number of hydrogen-bond donors (Lipinski definition) is 2. The predicted molar refractivity (Wildman–Crippen MR) is 160 cm³/mol. The highest BCUT2D eigenvalue weighted by Gasteiger charge is 2.58. The van der Waals surface area contributed by atoms with Crippen molar-refractivity contribution in [3.63, 3.8) is 0 Å². The first-order valence-electron chi connectivity index (χ1n) is 16.5. The molecule has 2 aromatic rings. The van der Waals surface area contributed by atoms with Crippen LogP contribution < -0.4 is 10.1 Å². The fraction of sp³-hybridized carbons (Fsp3) is 0.600. The normalized spacial score (nSPS) is 33.3. The first-order chi connectivity index (χ1) is 21.3. The van der Waals surface area contributed by atoms with E-state index in [9.17, 15) is 19.1 Å². The molecule has 6 aliphatic rings. The summed E-state index contributed by atoms with van der Waals surface area (Å²) >= 11 is 0. The minimum atomic E-state index is -1.13. The minimum Gasteiger partial charge on any atom is -0.410 e. The number of ether oxygens (including phenoxy) is 1. The van der Waals surface area contributed by atoms with Crippen molar-refractivity contribution in [2.75, 3.05) is 13.1 Å². The molecule has 9 heteroatoms. The number of halogens is 1. The Kier molecular flexibility index (Phi) is 8.37. The van der Waals surface area contributed by atoms with Gasteiger partial charge in [-0.3, -0.25) is 4.79 Å². The molecule has 0 unspecified atom stereocenters. The molecule has 6 fully saturated rings. The molecule has 2 atom stereocenters. The summed E-state index contributed by atoms with van der Waals surface area (Å²) in [7, 11) is 0. The second-order valence-electron chi connectivity index (χ2n) is 13.9. The molecule has 8 rings (SSSR count). The van der Waals surface area contributed by atoms with Crippen LogP contribution in [0.2, 0.25) is 0 Å². The Morgan fingerprint density at radius 3 is 2.16 bits per heavy atom. The van der Waals surface area contributed by atoms with Crippen LogP contribution in [0.5, 0.6) is 5.75 Å². The lowest BCUT2D eigenvalue weighted by atomic mass is 9.53. The number of rotatable bonds is 7. The second-order valence-corrected chi connectivity index (χ2v) is 13.9. The van der Waals surface area contributed by atoms with Gasteiger partial charge in [0.15, 0.2) is 0 Å². The summed E-state index contributed by atoms with van der Waals surface area (Å²) in [4.78, 5) is 38.9. The molecule has 2 N–H and O–H groups in total. The van der Waals surface area contributed by atoms with Crippen LogP contribution in [0.4, 0.5) is 9.18 Å². The van der Waals surface area contributed by atoms with Gasteiger partial charge in [0.1, 0.15) is 11.6 Å². The number of aliphatic hydroxyl groups is 1. The standard InChI is InChI=1S/C35H43FN2O6/c36-29-8-4-25(5-9-29)33(39)37-30-12-14-38(15-13-30)34(40)42-31-10-6-24(7-11-31)26-2-1-3-32(21-26)43-44-35(41)27-17-22-16-23(19-27)20-28(35)18-22/h4-11,22-23,26-28,30,32,41H,1-3,12-21H2,(H,37,39)/t22?,23?,26-,27?,28?,32-,35?/m1/s1. The van der Waals surface area contributed by atoms with E-state index >= 15 is 0 Å². The number of nitrogens with zero attached hydrogens (tertiary/aromatic N) is 1. The third kappa shape index (κ3) is 6.24. The van der Waals surface area contributed by atoms with Gasteiger partial charge >= 0.3 is 6.09 Å². The van der Waals surface area contributed by atoms with E-state index in [1.54, 1.807) is 4.90 Å². The monoisotopic (exact) mass is 606 g/mol. The smallest absolute Gasteiger partial charge is 0.410 e. The summed E-state index contributed by atoms with van der Waals surface area (Å²) in [6.07, 6.45) is 10.2. The van der Waals surface area contributed by atoms with Gasteiger partial charge in [0.25, 0.3) is 5.91 Å². The first kappa shape index (κ1) is 29.7. The van der Waals surface area contributed by atoms with E-state index in [1.807, 2.05) is 24.3 Å². The molecule has 5 aliphatic carbocycles. The summed E-state index contributed by atoms with van der Waals surface area (Å²) < 4.78 is 18.8. The Labute approximate surface area is 258 Å². The van der Waals surface area contributed by atoms with Crippen molar-refractivity contribution in [3.05, 3.63) is 65.5 Å². The van der Waals surface area contributed by atoms with Gasteiger partial charge < -0.3 is 20.1 Å². The van der Waals surface area contributed by atoms with Gasteiger partial charge in [-0.05, 0) is 124 Å². The summed E-state index contributed by atoms with van der Waals surface area (Å²) in [6, 6.07) is 13.2. The van der Waals surface area contributed by atoms with Crippen molar-refractivity contribution in [2.24, 2.45) is 23.7 Å². The van der Waals surface area contributed by atoms with E-state index in [1.165, 1.54) is 36.2 Å². The quantitative estimate of drug-likeness (QED) is 0.217. The molecular formula is C35H43FN2O6. The number of carbonyl (C=O) groups excluding carboxylic acids is 2. The number of nitrogens with one attached hydrogen (secondary N) is 1. The molecule has 1 saturated heterocycles.